The second-order valence-electron chi connectivity index (χ2n) is 12.4. The molecule has 2 aliphatic carbocycles. The molecule has 1 N–H and O–H groups in total. The first-order valence-electron chi connectivity index (χ1n) is 13.5. The van der Waals surface area contributed by atoms with Gasteiger partial charge in [0, 0.05) is 29.2 Å². The maximum atomic E-state index is 14.5. The molecule has 5 atom stereocenters. The SMILES string of the molecule is COc1cc(OC)cc(C(=O)[C@H]2[C@H](C)[C@H](NC(=O)c3ccc(C)cc3)C[C@@]3(C)C(C)(C)CCC[C@]23C)c1. The van der Waals surface area contributed by atoms with Gasteiger partial charge in [0.1, 0.15) is 11.5 Å². The quantitative estimate of drug-likeness (QED) is 0.435. The summed E-state index contributed by atoms with van der Waals surface area (Å²) in [6.07, 6.45) is 4.05. The standard InChI is InChI=1S/C32H43NO4/c1-20-10-12-22(13-11-20)29(35)33-26-19-32(6)30(3,4)14-9-15-31(32,5)27(21(26)2)28(34)23-16-24(36-7)18-25(17-23)37-8/h10-13,16-18,21,26-27H,9,14-15,19H2,1-8H3,(H,33,35)/t21-,26-,27-,31-,32+/m1/s1. The van der Waals surface area contributed by atoms with Crippen molar-refractivity contribution < 1.29 is 19.1 Å². The molecular formula is C32H43NO4. The van der Waals surface area contributed by atoms with Crippen molar-refractivity contribution in [1.29, 1.82) is 0 Å². The Labute approximate surface area is 222 Å². The Morgan fingerprint density at radius 3 is 2.05 bits per heavy atom. The molecule has 2 saturated carbocycles. The molecule has 5 heteroatoms. The van der Waals surface area contributed by atoms with E-state index in [2.05, 4.69) is 39.9 Å². The molecule has 200 valence electrons. The number of ketones is 1. The summed E-state index contributed by atoms with van der Waals surface area (Å²) in [5.74, 6) is 0.939. The molecule has 0 heterocycles. The highest BCUT2D eigenvalue weighted by Crippen LogP contribution is 2.69. The third kappa shape index (κ3) is 4.55. The molecule has 0 bridgehead atoms. The Hall–Kier alpha value is -2.82. The van der Waals surface area contributed by atoms with E-state index in [1.807, 2.05) is 43.3 Å². The van der Waals surface area contributed by atoms with Gasteiger partial charge in [0.25, 0.3) is 5.91 Å². The molecule has 0 saturated heterocycles. The van der Waals surface area contributed by atoms with Crippen LogP contribution in [0.15, 0.2) is 42.5 Å². The molecule has 2 aromatic carbocycles. The number of fused-ring (bicyclic) bond motifs is 1. The molecule has 1 amide bonds. The number of ether oxygens (including phenoxy) is 2. The van der Waals surface area contributed by atoms with Crippen LogP contribution in [0, 0.1) is 35.0 Å². The van der Waals surface area contributed by atoms with E-state index in [4.69, 9.17) is 9.47 Å². The van der Waals surface area contributed by atoms with Gasteiger partial charge in [-0.05, 0) is 72.6 Å². The lowest BCUT2D eigenvalue weighted by Crippen LogP contribution is -2.65. The second-order valence-corrected chi connectivity index (χ2v) is 12.4. The molecular weight excluding hydrogens is 462 g/mol. The minimum atomic E-state index is -0.258. The Balaban J connectivity index is 1.78. The monoisotopic (exact) mass is 505 g/mol. The van der Waals surface area contributed by atoms with E-state index in [1.54, 1.807) is 20.3 Å². The average molecular weight is 506 g/mol. The molecule has 0 unspecified atom stereocenters. The molecule has 2 aromatic rings. The number of benzene rings is 2. The summed E-state index contributed by atoms with van der Waals surface area (Å²) in [7, 11) is 3.20. The first-order chi connectivity index (χ1) is 17.4. The van der Waals surface area contributed by atoms with Gasteiger partial charge >= 0.3 is 0 Å². The Bertz CT molecular complexity index is 1150. The Morgan fingerprint density at radius 2 is 1.49 bits per heavy atom. The molecule has 0 aromatic heterocycles. The van der Waals surface area contributed by atoms with Crippen molar-refractivity contribution in [3.05, 3.63) is 59.2 Å². The van der Waals surface area contributed by atoms with E-state index < -0.39 is 0 Å². The lowest BCUT2D eigenvalue weighted by Gasteiger charge is -2.67. The van der Waals surface area contributed by atoms with Crippen molar-refractivity contribution in [3.63, 3.8) is 0 Å². The predicted molar refractivity (Wildman–Crippen MR) is 147 cm³/mol. The van der Waals surface area contributed by atoms with Gasteiger partial charge in [-0.1, -0.05) is 58.7 Å². The number of hydrogen-bond acceptors (Lipinski definition) is 4. The van der Waals surface area contributed by atoms with Crippen LogP contribution in [0.3, 0.4) is 0 Å². The second kappa shape index (κ2) is 9.81. The van der Waals surface area contributed by atoms with Crippen molar-refractivity contribution in [3.8, 4) is 11.5 Å². The molecule has 2 fully saturated rings. The van der Waals surface area contributed by atoms with E-state index in [-0.39, 0.29) is 45.8 Å². The van der Waals surface area contributed by atoms with Crippen molar-refractivity contribution in [2.45, 2.75) is 73.3 Å². The zero-order valence-corrected chi connectivity index (χ0v) is 23.7. The van der Waals surface area contributed by atoms with Crippen molar-refractivity contribution in [2.75, 3.05) is 14.2 Å². The summed E-state index contributed by atoms with van der Waals surface area (Å²) >= 11 is 0. The Morgan fingerprint density at radius 1 is 0.892 bits per heavy atom. The smallest absolute Gasteiger partial charge is 0.251 e. The number of carbonyl (C=O) groups excluding carboxylic acids is 2. The lowest BCUT2D eigenvalue weighted by atomic mass is 9.38. The van der Waals surface area contributed by atoms with Gasteiger partial charge in [-0.25, -0.2) is 0 Å². The highest BCUT2D eigenvalue weighted by molar-refractivity contribution is 6.00. The van der Waals surface area contributed by atoms with Gasteiger partial charge < -0.3 is 14.8 Å². The number of amides is 1. The third-order valence-electron chi connectivity index (χ3n) is 10.3. The first kappa shape index (κ1) is 27.2. The van der Waals surface area contributed by atoms with E-state index in [9.17, 15) is 9.59 Å². The predicted octanol–water partition coefficient (Wildman–Crippen LogP) is 6.87. The summed E-state index contributed by atoms with van der Waals surface area (Å²) in [5, 5.41) is 3.36. The normalized spacial score (nSPS) is 30.6. The van der Waals surface area contributed by atoms with Crippen molar-refractivity contribution in [2.24, 2.45) is 28.1 Å². The number of nitrogens with one attached hydrogen (secondary N) is 1. The fraction of sp³-hybridized carbons (Fsp3) is 0.562. The summed E-state index contributed by atoms with van der Waals surface area (Å²) in [4.78, 5) is 27.8. The van der Waals surface area contributed by atoms with Gasteiger partial charge in [-0.15, -0.1) is 0 Å². The summed E-state index contributed by atoms with van der Waals surface area (Å²) in [5.41, 5.74) is 2.04. The number of hydrogen-bond donors (Lipinski definition) is 1. The maximum Gasteiger partial charge on any atom is 0.251 e. The summed E-state index contributed by atoms with van der Waals surface area (Å²) in [6.45, 7) is 13.5. The zero-order chi connectivity index (χ0) is 27.2. The van der Waals surface area contributed by atoms with E-state index >= 15 is 0 Å². The van der Waals surface area contributed by atoms with Crippen LogP contribution < -0.4 is 14.8 Å². The van der Waals surface area contributed by atoms with E-state index in [0.29, 0.717) is 22.6 Å². The van der Waals surface area contributed by atoms with Gasteiger partial charge in [-0.2, -0.15) is 0 Å². The van der Waals surface area contributed by atoms with Gasteiger partial charge in [-0.3, -0.25) is 9.59 Å². The fourth-order valence-electron chi connectivity index (χ4n) is 7.47. The molecule has 0 spiro atoms. The molecule has 0 aliphatic heterocycles. The van der Waals surface area contributed by atoms with Gasteiger partial charge in [0.05, 0.1) is 14.2 Å². The molecule has 0 radical (unpaired) electrons. The van der Waals surface area contributed by atoms with Crippen molar-refractivity contribution >= 4 is 11.7 Å². The minimum Gasteiger partial charge on any atom is -0.497 e. The van der Waals surface area contributed by atoms with Crippen LogP contribution in [0.25, 0.3) is 0 Å². The maximum absolute atomic E-state index is 14.5. The van der Waals surface area contributed by atoms with Crippen LogP contribution >= 0.6 is 0 Å². The van der Waals surface area contributed by atoms with Gasteiger partial charge in [0.15, 0.2) is 5.78 Å². The summed E-state index contributed by atoms with van der Waals surface area (Å²) < 4.78 is 11.0. The fourth-order valence-corrected chi connectivity index (χ4v) is 7.47. The lowest BCUT2D eigenvalue weighted by molar-refractivity contribution is -0.163. The number of methoxy groups -OCH3 is 2. The van der Waals surface area contributed by atoms with E-state index in [0.717, 1.165) is 31.2 Å². The number of carbonyl (C=O) groups is 2. The Kier molecular flexibility index (Phi) is 7.22. The highest BCUT2D eigenvalue weighted by atomic mass is 16.5. The average Bonchev–Trinajstić information content (AvgIpc) is 2.86. The number of Topliss-reactive ketones (excluding diaryl/α,β-unsaturated/α-hetero) is 1. The third-order valence-corrected chi connectivity index (χ3v) is 10.3. The molecule has 4 rings (SSSR count). The first-order valence-corrected chi connectivity index (χ1v) is 13.5. The summed E-state index contributed by atoms with van der Waals surface area (Å²) in [6, 6.07) is 13.0. The van der Waals surface area contributed by atoms with Gasteiger partial charge in [0.2, 0.25) is 0 Å². The van der Waals surface area contributed by atoms with Crippen LogP contribution in [-0.2, 0) is 0 Å². The van der Waals surface area contributed by atoms with Crippen LogP contribution in [0.5, 0.6) is 11.5 Å². The van der Waals surface area contributed by atoms with Crippen LogP contribution in [-0.4, -0.2) is 32.0 Å². The van der Waals surface area contributed by atoms with Crippen LogP contribution in [0.4, 0.5) is 0 Å². The van der Waals surface area contributed by atoms with Crippen molar-refractivity contribution in [1.82, 2.24) is 5.32 Å². The molecule has 5 nitrogen and oxygen atoms in total. The molecule has 37 heavy (non-hydrogen) atoms. The molecule has 2 aliphatic rings. The zero-order valence-electron chi connectivity index (χ0n) is 23.7. The van der Waals surface area contributed by atoms with Crippen LogP contribution in [0.1, 0.15) is 86.6 Å². The van der Waals surface area contributed by atoms with Crippen LogP contribution in [0.2, 0.25) is 0 Å². The largest absolute Gasteiger partial charge is 0.497 e. The number of rotatable bonds is 6. The topological polar surface area (TPSA) is 64.6 Å². The highest BCUT2D eigenvalue weighted by Gasteiger charge is 2.65. The minimum absolute atomic E-state index is 0.0254. The number of aryl methyl sites for hydroxylation is 1. The van der Waals surface area contributed by atoms with E-state index in [1.165, 1.54) is 0 Å².